The Bertz CT molecular complexity index is 376. The number of ketones is 1. The van der Waals surface area contributed by atoms with Crippen LogP contribution in [0, 0.1) is 0 Å². The van der Waals surface area contributed by atoms with Crippen LogP contribution in [0.1, 0.15) is 104 Å². The number of rotatable bonds is 18. The zero-order valence-corrected chi connectivity index (χ0v) is 17.0. The molecule has 0 saturated carbocycles. The second-order valence-corrected chi connectivity index (χ2v) is 7.13. The van der Waals surface area contributed by atoms with Gasteiger partial charge in [-0.05, 0) is 52.4 Å². The summed E-state index contributed by atoms with van der Waals surface area (Å²) in [6.07, 6.45) is 17.7. The van der Waals surface area contributed by atoms with Gasteiger partial charge in [0.25, 0.3) is 0 Å². The van der Waals surface area contributed by atoms with Crippen LogP contribution in [-0.2, 0) is 14.3 Å². The zero-order chi connectivity index (χ0) is 19.5. The highest BCUT2D eigenvalue weighted by Gasteiger charge is 2.02. The first-order valence-corrected chi connectivity index (χ1v) is 10.5. The fourth-order valence-electron chi connectivity index (χ4n) is 2.89. The molecule has 0 aromatic rings. The van der Waals surface area contributed by atoms with Crippen molar-refractivity contribution in [2.75, 3.05) is 6.61 Å². The van der Waals surface area contributed by atoms with Gasteiger partial charge in [-0.15, -0.1) is 0 Å². The number of esters is 1. The van der Waals surface area contributed by atoms with Crippen molar-refractivity contribution in [3.63, 3.8) is 0 Å². The van der Waals surface area contributed by atoms with E-state index in [1.54, 1.807) is 6.92 Å². The monoisotopic (exact) mass is 368 g/mol. The maximum Gasteiger partial charge on any atom is 0.305 e. The van der Waals surface area contributed by atoms with E-state index in [1.165, 1.54) is 19.3 Å². The number of allylic oxidation sites excluding steroid dienone is 1. The predicted molar refractivity (Wildman–Crippen MR) is 107 cm³/mol. The van der Waals surface area contributed by atoms with Crippen molar-refractivity contribution in [3.8, 4) is 0 Å². The molecule has 0 unspecified atom stereocenters. The highest BCUT2D eigenvalue weighted by molar-refractivity contribution is 5.75. The van der Waals surface area contributed by atoms with E-state index in [4.69, 9.17) is 4.74 Å². The SMILES string of the molecule is CCOC(=O)CCCCCCCC=CC[C@H](O)CCCCCCC(C)=O. The number of ether oxygens (including phenoxy) is 1. The lowest BCUT2D eigenvalue weighted by molar-refractivity contribution is -0.143. The molecule has 0 bridgehead atoms. The lowest BCUT2D eigenvalue weighted by Gasteiger charge is -2.07. The molecule has 0 fully saturated rings. The smallest absolute Gasteiger partial charge is 0.305 e. The fourth-order valence-corrected chi connectivity index (χ4v) is 2.89. The van der Waals surface area contributed by atoms with Crippen LogP contribution in [0.15, 0.2) is 12.2 Å². The Hall–Kier alpha value is -1.16. The second-order valence-electron chi connectivity index (χ2n) is 7.13. The van der Waals surface area contributed by atoms with Gasteiger partial charge in [0.2, 0.25) is 0 Å². The summed E-state index contributed by atoms with van der Waals surface area (Å²) < 4.78 is 4.90. The Morgan fingerprint density at radius 2 is 1.50 bits per heavy atom. The van der Waals surface area contributed by atoms with Crippen LogP contribution < -0.4 is 0 Å². The second kappa shape index (κ2) is 18.6. The normalized spacial score (nSPS) is 12.4. The average molecular weight is 369 g/mol. The topological polar surface area (TPSA) is 63.6 Å². The lowest BCUT2D eigenvalue weighted by atomic mass is 10.0. The maximum atomic E-state index is 11.2. The largest absolute Gasteiger partial charge is 0.466 e. The zero-order valence-electron chi connectivity index (χ0n) is 17.0. The number of unbranched alkanes of at least 4 members (excludes halogenated alkanes) is 8. The highest BCUT2D eigenvalue weighted by atomic mass is 16.5. The summed E-state index contributed by atoms with van der Waals surface area (Å²) in [4.78, 5) is 22.0. The van der Waals surface area contributed by atoms with Gasteiger partial charge in [-0.2, -0.15) is 0 Å². The van der Waals surface area contributed by atoms with Crippen molar-refractivity contribution >= 4 is 11.8 Å². The summed E-state index contributed by atoms with van der Waals surface area (Å²) in [5, 5.41) is 9.93. The molecular formula is C22H40O4. The van der Waals surface area contributed by atoms with Gasteiger partial charge in [0.15, 0.2) is 0 Å². The van der Waals surface area contributed by atoms with Gasteiger partial charge >= 0.3 is 5.97 Å². The summed E-state index contributed by atoms with van der Waals surface area (Å²) in [6.45, 7) is 3.95. The van der Waals surface area contributed by atoms with Crippen LogP contribution in [0.5, 0.6) is 0 Å². The molecule has 1 atom stereocenters. The van der Waals surface area contributed by atoms with Crippen molar-refractivity contribution < 1.29 is 19.4 Å². The van der Waals surface area contributed by atoms with E-state index >= 15 is 0 Å². The Morgan fingerprint density at radius 3 is 2.19 bits per heavy atom. The number of carbonyl (C=O) groups excluding carboxylic acids is 2. The van der Waals surface area contributed by atoms with Gasteiger partial charge in [-0.3, -0.25) is 4.79 Å². The number of Topliss-reactive ketones (excluding diaryl/α,β-unsaturated/α-hetero) is 1. The first-order valence-electron chi connectivity index (χ1n) is 10.5. The summed E-state index contributed by atoms with van der Waals surface area (Å²) in [5.74, 6) is 0.192. The molecule has 0 saturated heterocycles. The summed E-state index contributed by atoms with van der Waals surface area (Å²) >= 11 is 0. The minimum absolute atomic E-state index is 0.0787. The van der Waals surface area contributed by atoms with Crippen molar-refractivity contribution in [3.05, 3.63) is 12.2 Å². The van der Waals surface area contributed by atoms with Crippen LogP contribution in [0.2, 0.25) is 0 Å². The molecule has 0 aliphatic rings. The standard InChI is InChI=1S/C22H40O4/c1-3-26-22(25)19-15-9-7-5-4-6-8-13-17-21(24)18-14-11-10-12-16-20(2)23/h8,13,21,24H,3-7,9-12,14-19H2,1-2H3/t21-/m0/s1. The molecule has 0 aliphatic carbocycles. The van der Waals surface area contributed by atoms with Gasteiger partial charge in [-0.25, -0.2) is 0 Å². The van der Waals surface area contributed by atoms with Gasteiger partial charge in [-0.1, -0.05) is 50.7 Å². The van der Waals surface area contributed by atoms with Crippen LogP contribution in [0.4, 0.5) is 0 Å². The summed E-state index contributed by atoms with van der Waals surface area (Å²) in [5.41, 5.74) is 0. The third kappa shape index (κ3) is 19.2. The number of carbonyl (C=O) groups is 2. The Morgan fingerprint density at radius 1 is 0.885 bits per heavy atom. The van der Waals surface area contributed by atoms with E-state index in [0.29, 0.717) is 19.4 Å². The molecule has 0 radical (unpaired) electrons. The average Bonchev–Trinajstić information content (AvgIpc) is 2.59. The van der Waals surface area contributed by atoms with Gasteiger partial charge in [0.05, 0.1) is 12.7 Å². The molecule has 4 nitrogen and oxygen atoms in total. The first-order chi connectivity index (χ1) is 12.6. The minimum atomic E-state index is -0.234. The molecule has 0 aliphatic heterocycles. The molecule has 0 spiro atoms. The van der Waals surface area contributed by atoms with E-state index < -0.39 is 0 Å². The van der Waals surface area contributed by atoms with Crippen LogP contribution in [-0.4, -0.2) is 29.6 Å². The maximum absolute atomic E-state index is 11.2. The lowest BCUT2D eigenvalue weighted by Crippen LogP contribution is -2.04. The Balaban J connectivity index is 3.33. The Kier molecular flexibility index (Phi) is 17.8. The molecule has 0 aromatic carbocycles. The van der Waals surface area contributed by atoms with E-state index in [-0.39, 0.29) is 17.9 Å². The molecule has 1 N–H and O–H groups in total. The van der Waals surface area contributed by atoms with E-state index in [9.17, 15) is 14.7 Å². The molecule has 26 heavy (non-hydrogen) atoms. The van der Waals surface area contributed by atoms with Gasteiger partial charge in [0, 0.05) is 12.8 Å². The Labute approximate surface area is 160 Å². The molecule has 0 rings (SSSR count). The quantitative estimate of drug-likeness (QED) is 0.197. The van der Waals surface area contributed by atoms with Crippen molar-refractivity contribution in [1.29, 1.82) is 0 Å². The van der Waals surface area contributed by atoms with Gasteiger partial charge in [0.1, 0.15) is 5.78 Å². The molecule has 4 heteroatoms. The number of hydrogen-bond donors (Lipinski definition) is 1. The van der Waals surface area contributed by atoms with E-state index in [0.717, 1.165) is 57.8 Å². The van der Waals surface area contributed by atoms with E-state index in [1.807, 2.05) is 6.92 Å². The molecular weight excluding hydrogens is 328 g/mol. The van der Waals surface area contributed by atoms with Crippen LogP contribution >= 0.6 is 0 Å². The van der Waals surface area contributed by atoms with Crippen molar-refractivity contribution in [2.45, 2.75) is 110 Å². The van der Waals surface area contributed by atoms with Crippen LogP contribution in [0.3, 0.4) is 0 Å². The van der Waals surface area contributed by atoms with E-state index in [2.05, 4.69) is 12.2 Å². The summed E-state index contributed by atoms with van der Waals surface area (Å²) in [7, 11) is 0. The number of aliphatic hydroxyl groups is 1. The predicted octanol–water partition coefficient (Wildman–Crippen LogP) is 5.52. The third-order valence-electron chi connectivity index (χ3n) is 4.45. The molecule has 0 heterocycles. The van der Waals surface area contributed by atoms with Gasteiger partial charge < -0.3 is 14.6 Å². The fraction of sp³-hybridized carbons (Fsp3) is 0.818. The highest BCUT2D eigenvalue weighted by Crippen LogP contribution is 2.11. The molecule has 152 valence electrons. The van der Waals surface area contributed by atoms with Crippen molar-refractivity contribution in [1.82, 2.24) is 0 Å². The third-order valence-corrected chi connectivity index (χ3v) is 4.45. The van der Waals surface area contributed by atoms with Crippen LogP contribution in [0.25, 0.3) is 0 Å². The number of aliphatic hydroxyl groups excluding tert-OH is 1. The molecule has 0 aromatic heterocycles. The first kappa shape index (κ1) is 24.8. The molecule has 0 amide bonds. The summed E-state index contributed by atoms with van der Waals surface area (Å²) in [6, 6.07) is 0. The number of hydrogen-bond acceptors (Lipinski definition) is 4. The minimum Gasteiger partial charge on any atom is -0.466 e. The van der Waals surface area contributed by atoms with Crippen molar-refractivity contribution in [2.24, 2.45) is 0 Å².